The minimum atomic E-state index is -3.83. The van der Waals surface area contributed by atoms with Crippen LogP contribution in [0.2, 0.25) is 0 Å². The Bertz CT molecular complexity index is 633. The average Bonchev–Trinajstić information content (AvgIpc) is 2.37. The van der Waals surface area contributed by atoms with Gasteiger partial charge in [-0.25, -0.2) is 13.6 Å². The van der Waals surface area contributed by atoms with Gasteiger partial charge in [-0.1, -0.05) is 0 Å². The van der Waals surface area contributed by atoms with Crippen LogP contribution in [-0.4, -0.2) is 38.4 Å². The first kappa shape index (κ1) is 15.4. The highest BCUT2D eigenvalue weighted by molar-refractivity contribution is 9.10. The Kier molecular flexibility index (Phi) is 4.48. The van der Waals surface area contributed by atoms with Crippen molar-refractivity contribution in [2.75, 3.05) is 13.1 Å². The van der Waals surface area contributed by atoms with Crippen molar-refractivity contribution in [2.45, 2.75) is 23.8 Å². The number of nitrogens with two attached hydrogens (primary N) is 2. The van der Waals surface area contributed by atoms with Crippen molar-refractivity contribution in [1.29, 1.82) is 0 Å². The second kappa shape index (κ2) is 5.80. The van der Waals surface area contributed by atoms with E-state index in [9.17, 15) is 13.2 Å². The van der Waals surface area contributed by atoms with Crippen molar-refractivity contribution in [1.82, 2.24) is 4.90 Å². The zero-order valence-corrected chi connectivity index (χ0v) is 13.2. The van der Waals surface area contributed by atoms with Gasteiger partial charge in [0.2, 0.25) is 10.0 Å². The molecule has 4 N–H and O–H groups in total. The van der Waals surface area contributed by atoms with Crippen LogP contribution >= 0.6 is 15.9 Å². The molecule has 1 aliphatic heterocycles. The third kappa shape index (κ3) is 3.38. The largest absolute Gasteiger partial charge is 0.337 e. The first-order valence-corrected chi connectivity index (χ1v) is 8.50. The van der Waals surface area contributed by atoms with Gasteiger partial charge in [-0.2, -0.15) is 0 Å². The van der Waals surface area contributed by atoms with E-state index in [4.69, 9.17) is 10.9 Å². The van der Waals surface area contributed by atoms with Crippen LogP contribution < -0.4 is 10.9 Å². The molecule has 1 heterocycles. The van der Waals surface area contributed by atoms with E-state index in [-0.39, 0.29) is 22.4 Å². The number of amides is 1. The van der Waals surface area contributed by atoms with Crippen molar-refractivity contribution < 1.29 is 13.2 Å². The molecule has 2 rings (SSSR count). The zero-order chi connectivity index (χ0) is 14.9. The van der Waals surface area contributed by atoms with Gasteiger partial charge in [-0.15, -0.1) is 0 Å². The van der Waals surface area contributed by atoms with Gasteiger partial charge in [0.05, 0.1) is 10.5 Å². The van der Waals surface area contributed by atoms with Gasteiger partial charge in [-0.3, -0.25) is 4.79 Å². The Morgan fingerprint density at radius 1 is 1.40 bits per heavy atom. The number of carbonyl (C=O) groups excluding carboxylic acids is 1. The highest BCUT2D eigenvalue weighted by Gasteiger charge is 2.24. The van der Waals surface area contributed by atoms with E-state index in [0.29, 0.717) is 17.6 Å². The summed E-state index contributed by atoms with van der Waals surface area (Å²) in [5, 5.41) is 5.09. The molecule has 1 saturated heterocycles. The van der Waals surface area contributed by atoms with Gasteiger partial charge in [0.25, 0.3) is 5.91 Å². The van der Waals surface area contributed by atoms with Crippen LogP contribution in [0.1, 0.15) is 23.2 Å². The molecular weight excluding hydrogens is 346 g/mol. The predicted octanol–water partition coefficient (Wildman–Crippen LogP) is 0.660. The molecule has 1 aliphatic rings. The molecule has 0 bridgehead atoms. The van der Waals surface area contributed by atoms with E-state index < -0.39 is 10.0 Å². The summed E-state index contributed by atoms with van der Waals surface area (Å²) >= 11 is 3.27. The van der Waals surface area contributed by atoms with Gasteiger partial charge in [0.1, 0.15) is 0 Å². The molecule has 1 aromatic carbocycles. The smallest absolute Gasteiger partial charge is 0.255 e. The lowest BCUT2D eigenvalue weighted by atomic mass is 10.1. The second-order valence-corrected chi connectivity index (χ2v) is 7.26. The molecule has 6 nitrogen and oxygen atoms in total. The number of benzene rings is 1. The summed E-state index contributed by atoms with van der Waals surface area (Å²) in [6.07, 6.45) is 1.74. The summed E-state index contributed by atoms with van der Waals surface area (Å²) in [4.78, 5) is 14.0. The number of piperidine rings is 1. The molecular formula is C12H16BrN3O3S. The third-order valence-corrected chi connectivity index (χ3v) is 4.84. The minimum Gasteiger partial charge on any atom is -0.337 e. The highest BCUT2D eigenvalue weighted by Crippen LogP contribution is 2.23. The standard InChI is InChI=1S/C12H16BrN3O3S/c13-11-4-3-9(20(15,18)19)6-10(11)12(17)16-5-1-2-8(14)7-16/h3-4,6,8H,1-2,5,7,14H2,(H2,15,18,19)/t8-/m0/s1. The highest BCUT2D eigenvalue weighted by atomic mass is 79.9. The number of rotatable bonds is 2. The molecule has 0 unspecified atom stereocenters. The summed E-state index contributed by atoms with van der Waals surface area (Å²) in [6.45, 7) is 1.10. The number of carbonyl (C=O) groups is 1. The second-order valence-electron chi connectivity index (χ2n) is 4.84. The van der Waals surface area contributed by atoms with E-state index in [1.807, 2.05) is 0 Å². The summed E-state index contributed by atoms with van der Waals surface area (Å²) in [5.41, 5.74) is 6.14. The first-order valence-electron chi connectivity index (χ1n) is 6.16. The number of halogens is 1. The van der Waals surface area contributed by atoms with Crippen LogP contribution in [-0.2, 0) is 10.0 Å². The number of hydrogen-bond acceptors (Lipinski definition) is 4. The van der Waals surface area contributed by atoms with E-state index >= 15 is 0 Å². The molecule has 0 aliphatic carbocycles. The molecule has 1 atom stereocenters. The molecule has 1 aromatic rings. The molecule has 0 aromatic heterocycles. The topological polar surface area (TPSA) is 106 Å². The molecule has 1 fully saturated rings. The maximum atomic E-state index is 12.5. The first-order chi connectivity index (χ1) is 9.29. The number of nitrogens with zero attached hydrogens (tertiary/aromatic N) is 1. The molecule has 0 radical (unpaired) electrons. The van der Waals surface area contributed by atoms with Crippen molar-refractivity contribution in [3.05, 3.63) is 28.2 Å². The van der Waals surface area contributed by atoms with Crippen molar-refractivity contribution in [3.8, 4) is 0 Å². The number of primary sulfonamides is 1. The number of hydrogen-bond donors (Lipinski definition) is 2. The molecule has 20 heavy (non-hydrogen) atoms. The van der Waals surface area contributed by atoms with Crippen LogP contribution in [0, 0.1) is 0 Å². The Morgan fingerprint density at radius 3 is 2.70 bits per heavy atom. The fourth-order valence-electron chi connectivity index (χ4n) is 2.21. The van der Waals surface area contributed by atoms with Gasteiger partial charge < -0.3 is 10.6 Å². The Morgan fingerprint density at radius 2 is 2.10 bits per heavy atom. The average molecular weight is 362 g/mol. The van der Waals surface area contributed by atoms with Gasteiger partial charge in [0.15, 0.2) is 0 Å². The monoisotopic (exact) mass is 361 g/mol. The van der Waals surface area contributed by atoms with Crippen LogP contribution in [0.25, 0.3) is 0 Å². The molecule has 110 valence electrons. The summed E-state index contributed by atoms with van der Waals surface area (Å²) in [6, 6.07) is 4.13. The Balaban J connectivity index is 2.34. The van der Waals surface area contributed by atoms with Gasteiger partial charge >= 0.3 is 0 Å². The maximum Gasteiger partial charge on any atom is 0.255 e. The Labute approximate surface area is 126 Å². The lowest BCUT2D eigenvalue weighted by Gasteiger charge is -2.31. The predicted molar refractivity (Wildman–Crippen MR) is 78.6 cm³/mol. The summed E-state index contributed by atoms with van der Waals surface area (Å²) in [5.74, 6) is -0.238. The van der Waals surface area contributed by atoms with E-state index in [0.717, 1.165) is 12.8 Å². The zero-order valence-electron chi connectivity index (χ0n) is 10.8. The van der Waals surface area contributed by atoms with Crippen LogP contribution in [0.3, 0.4) is 0 Å². The minimum absolute atomic E-state index is 0.0344. The van der Waals surface area contributed by atoms with Crippen molar-refractivity contribution in [2.24, 2.45) is 10.9 Å². The fourth-order valence-corrected chi connectivity index (χ4v) is 3.17. The third-order valence-electron chi connectivity index (χ3n) is 3.24. The fraction of sp³-hybridized carbons (Fsp3) is 0.417. The lowest BCUT2D eigenvalue weighted by Crippen LogP contribution is -2.45. The van der Waals surface area contributed by atoms with Crippen LogP contribution in [0.5, 0.6) is 0 Å². The Hall–Kier alpha value is -0.960. The van der Waals surface area contributed by atoms with Crippen molar-refractivity contribution in [3.63, 3.8) is 0 Å². The van der Waals surface area contributed by atoms with E-state index in [2.05, 4.69) is 15.9 Å². The maximum absolute atomic E-state index is 12.5. The summed E-state index contributed by atoms with van der Waals surface area (Å²) < 4.78 is 23.3. The number of sulfonamides is 1. The molecule has 1 amide bonds. The van der Waals surface area contributed by atoms with Gasteiger partial charge in [-0.05, 0) is 47.0 Å². The van der Waals surface area contributed by atoms with E-state index in [1.165, 1.54) is 18.2 Å². The van der Waals surface area contributed by atoms with Crippen LogP contribution in [0.4, 0.5) is 0 Å². The van der Waals surface area contributed by atoms with Crippen molar-refractivity contribution >= 4 is 31.9 Å². The van der Waals surface area contributed by atoms with Gasteiger partial charge in [0, 0.05) is 23.6 Å². The molecule has 0 spiro atoms. The SMILES string of the molecule is N[C@H]1CCCN(C(=O)c2cc(S(N)(=O)=O)ccc2Br)C1. The van der Waals surface area contributed by atoms with Crippen LogP contribution in [0.15, 0.2) is 27.6 Å². The molecule has 8 heteroatoms. The van der Waals surface area contributed by atoms with E-state index in [1.54, 1.807) is 4.90 Å². The normalized spacial score (nSPS) is 19.9. The number of likely N-dealkylation sites (tertiary alicyclic amines) is 1. The lowest BCUT2D eigenvalue weighted by molar-refractivity contribution is 0.0707. The molecule has 0 saturated carbocycles. The quantitative estimate of drug-likeness (QED) is 0.806. The summed E-state index contributed by atoms with van der Waals surface area (Å²) in [7, 11) is -3.83.